The summed E-state index contributed by atoms with van der Waals surface area (Å²) in [4.78, 5) is 11.6. The van der Waals surface area contributed by atoms with E-state index in [9.17, 15) is 9.00 Å². The van der Waals surface area contributed by atoms with Gasteiger partial charge in [0.1, 0.15) is 5.25 Å². The van der Waals surface area contributed by atoms with E-state index in [1.54, 1.807) is 6.92 Å². The van der Waals surface area contributed by atoms with Gasteiger partial charge >= 0.3 is 0 Å². The quantitative estimate of drug-likeness (QED) is 0.684. The average molecular weight is 232 g/mol. The van der Waals surface area contributed by atoms with Gasteiger partial charge in [0.15, 0.2) is 0 Å². The molecule has 0 bridgehead atoms. The molecule has 1 amide bonds. The molecule has 15 heavy (non-hydrogen) atoms. The van der Waals surface area contributed by atoms with E-state index in [0.717, 1.165) is 12.8 Å². The average Bonchev–Trinajstić information content (AvgIpc) is 2.99. The van der Waals surface area contributed by atoms with Gasteiger partial charge in [0.2, 0.25) is 5.91 Å². The van der Waals surface area contributed by atoms with Crippen LogP contribution in [0.15, 0.2) is 0 Å². The van der Waals surface area contributed by atoms with E-state index in [1.807, 2.05) is 6.92 Å². The lowest BCUT2D eigenvalue weighted by Gasteiger charge is -2.16. The second kappa shape index (κ2) is 5.61. The SMILES string of the molecule is CC(CCN)S(=O)C(C)C(=O)NC1CC1. The lowest BCUT2D eigenvalue weighted by Crippen LogP contribution is -2.39. The van der Waals surface area contributed by atoms with Crippen molar-refractivity contribution in [1.29, 1.82) is 0 Å². The monoisotopic (exact) mass is 232 g/mol. The van der Waals surface area contributed by atoms with Crippen LogP contribution in [0.1, 0.15) is 33.1 Å². The lowest BCUT2D eigenvalue weighted by molar-refractivity contribution is -0.120. The highest BCUT2D eigenvalue weighted by Gasteiger charge is 2.29. The number of carbonyl (C=O) groups is 1. The van der Waals surface area contributed by atoms with Crippen LogP contribution in [-0.2, 0) is 15.6 Å². The second-order valence-corrected chi connectivity index (χ2v) is 6.31. The maximum Gasteiger partial charge on any atom is 0.235 e. The van der Waals surface area contributed by atoms with E-state index >= 15 is 0 Å². The molecule has 3 N–H and O–H groups in total. The molecule has 4 nitrogen and oxygen atoms in total. The predicted octanol–water partition coefficient (Wildman–Crippen LogP) is 0.140. The summed E-state index contributed by atoms with van der Waals surface area (Å²) in [7, 11) is -1.12. The van der Waals surface area contributed by atoms with Crippen molar-refractivity contribution in [2.24, 2.45) is 5.73 Å². The molecule has 0 aromatic heterocycles. The zero-order valence-electron chi connectivity index (χ0n) is 9.36. The van der Waals surface area contributed by atoms with Gasteiger partial charge in [-0.3, -0.25) is 9.00 Å². The lowest BCUT2D eigenvalue weighted by atomic mass is 10.3. The molecule has 1 rings (SSSR count). The summed E-state index contributed by atoms with van der Waals surface area (Å²) >= 11 is 0. The van der Waals surface area contributed by atoms with Crippen LogP contribution in [0, 0.1) is 0 Å². The molecule has 88 valence electrons. The molecule has 0 saturated heterocycles. The zero-order chi connectivity index (χ0) is 11.4. The van der Waals surface area contributed by atoms with Gasteiger partial charge in [-0.1, -0.05) is 6.92 Å². The predicted molar refractivity (Wildman–Crippen MR) is 61.9 cm³/mol. The number of amides is 1. The van der Waals surface area contributed by atoms with Gasteiger partial charge in [-0.05, 0) is 32.7 Å². The van der Waals surface area contributed by atoms with Crippen LogP contribution in [0.2, 0.25) is 0 Å². The van der Waals surface area contributed by atoms with Crippen LogP contribution in [0.4, 0.5) is 0 Å². The Hall–Kier alpha value is -0.420. The fourth-order valence-electron chi connectivity index (χ4n) is 1.35. The summed E-state index contributed by atoms with van der Waals surface area (Å²) < 4.78 is 11.9. The maximum atomic E-state index is 11.9. The van der Waals surface area contributed by atoms with Gasteiger partial charge in [-0.15, -0.1) is 0 Å². The van der Waals surface area contributed by atoms with Crippen LogP contribution in [0.3, 0.4) is 0 Å². The molecule has 0 spiro atoms. The Labute approximate surface area is 93.4 Å². The Kier molecular flexibility index (Phi) is 4.73. The van der Waals surface area contributed by atoms with Crippen molar-refractivity contribution in [3.8, 4) is 0 Å². The Morgan fingerprint density at radius 3 is 2.60 bits per heavy atom. The first-order valence-corrected chi connectivity index (χ1v) is 6.73. The van der Waals surface area contributed by atoms with Gasteiger partial charge in [-0.25, -0.2) is 0 Å². The molecule has 5 heteroatoms. The van der Waals surface area contributed by atoms with E-state index in [-0.39, 0.29) is 11.2 Å². The molecule has 1 saturated carbocycles. The van der Waals surface area contributed by atoms with E-state index in [1.165, 1.54) is 0 Å². The Balaban J connectivity index is 2.39. The van der Waals surface area contributed by atoms with Crippen molar-refractivity contribution in [3.05, 3.63) is 0 Å². The molecule has 3 atom stereocenters. The van der Waals surface area contributed by atoms with Crippen molar-refractivity contribution in [3.63, 3.8) is 0 Å². The van der Waals surface area contributed by atoms with Gasteiger partial charge < -0.3 is 11.1 Å². The minimum Gasteiger partial charge on any atom is -0.352 e. The normalized spacial score (nSPS) is 21.8. The van der Waals surface area contributed by atoms with Crippen molar-refractivity contribution >= 4 is 16.7 Å². The number of nitrogens with two attached hydrogens (primary N) is 1. The second-order valence-electron chi connectivity index (χ2n) is 4.14. The molecule has 3 unspecified atom stereocenters. The fraction of sp³-hybridized carbons (Fsp3) is 0.900. The standard InChI is InChI=1S/C10H20N2O2S/c1-7(5-6-11)15(14)8(2)10(13)12-9-3-4-9/h7-9H,3-6,11H2,1-2H3,(H,12,13). The van der Waals surface area contributed by atoms with Crippen LogP contribution in [0.25, 0.3) is 0 Å². The minimum absolute atomic E-state index is 0.00467. The number of carbonyl (C=O) groups excluding carboxylic acids is 1. The highest BCUT2D eigenvalue weighted by atomic mass is 32.2. The molecule has 1 fully saturated rings. The largest absolute Gasteiger partial charge is 0.352 e. The van der Waals surface area contributed by atoms with E-state index in [2.05, 4.69) is 5.32 Å². The van der Waals surface area contributed by atoms with Crippen molar-refractivity contribution in [2.75, 3.05) is 6.54 Å². The van der Waals surface area contributed by atoms with Gasteiger partial charge in [-0.2, -0.15) is 0 Å². The van der Waals surface area contributed by atoms with Crippen molar-refractivity contribution in [2.45, 2.75) is 49.7 Å². The highest BCUT2D eigenvalue weighted by Crippen LogP contribution is 2.19. The molecule has 0 aromatic carbocycles. The fourth-order valence-corrected chi connectivity index (χ4v) is 2.70. The number of nitrogens with one attached hydrogen (secondary N) is 1. The van der Waals surface area contributed by atoms with Crippen LogP contribution in [0.5, 0.6) is 0 Å². The van der Waals surface area contributed by atoms with E-state index in [0.29, 0.717) is 19.0 Å². The number of rotatable bonds is 6. The zero-order valence-corrected chi connectivity index (χ0v) is 10.2. The van der Waals surface area contributed by atoms with Gasteiger partial charge in [0.05, 0.1) is 0 Å². The third kappa shape index (κ3) is 3.91. The summed E-state index contributed by atoms with van der Waals surface area (Å²) in [5, 5.41) is 2.44. The first kappa shape index (κ1) is 12.6. The topological polar surface area (TPSA) is 72.2 Å². The molecule has 0 aromatic rings. The molecule has 0 radical (unpaired) electrons. The van der Waals surface area contributed by atoms with Gasteiger partial charge in [0.25, 0.3) is 0 Å². The number of hydrogen-bond donors (Lipinski definition) is 2. The van der Waals surface area contributed by atoms with Crippen molar-refractivity contribution in [1.82, 2.24) is 5.32 Å². The maximum absolute atomic E-state index is 11.9. The van der Waals surface area contributed by atoms with E-state index in [4.69, 9.17) is 5.73 Å². The minimum atomic E-state index is -1.12. The first-order chi connectivity index (χ1) is 7.06. The summed E-state index contributed by atoms with van der Waals surface area (Å²) in [6.07, 6.45) is 2.82. The first-order valence-electron chi connectivity index (χ1n) is 5.46. The summed E-state index contributed by atoms with van der Waals surface area (Å²) in [6, 6.07) is 0.335. The highest BCUT2D eigenvalue weighted by molar-refractivity contribution is 7.87. The third-order valence-electron chi connectivity index (χ3n) is 2.61. The molecule has 1 aliphatic carbocycles. The smallest absolute Gasteiger partial charge is 0.235 e. The van der Waals surface area contributed by atoms with E-state index < -0.39 is 16.0 Å². The van der Waals surface area contributed by atoms with Crippen LogP contribution >= 0.6 is 0 Å². The molecular formula is C10H20N2O2S. The Morgan fingerprint density at radius 1 is 1.53 bits per heavy atom. The van der Waals surface area contributed by atoms with Crippen molar-refractivity contribution < 1.29 is 9.00 Å². The van der Waals surface area contributed by atoms with Crippen LogP contribution in [-0.4, -0.2) is 33.2 Å². The molecule has 0 heterocycles. The third-order valence-corrected chi connectivity index (χ3v) is 4.55. The summed E-state index contributed by atoms with van der Waals surface area (Å²) in [5.41, 5.74) is 5.40. The summed E-state index contributed by atoms with van der Waals surface area (Å²) in [6.45, 7) is 4.12. The Bertz CT molecular complexity index is 254. The summed E-state index contributed by atoms with van der Waals surface area (Å²) in [5.74, 6) is -0.0836. The van der Waals surface area contributed by atoms with Gasteiger partial charge in [0, 0.05) is 22.1 Å². The Morgan fingerprint density at radius 2 is 2.13 bits per heavy atom. The molecule has 1 aliphatic rings. The number of hydrogen-bond acceptors (Lipinski definition) is 3. The molecule has 0 aliphatic heterocycles. The molecular weight excluding hydrogens is 212 g/mol. The van der Waals surface area contributed by atoms with Crippen LogP contribution < -0.4 is 11.1 Å².